The number of hydrogen-bond donors (Lipinski definition) is 1. The summed E-state index contributed by atoms with van der Waals surface area (Å²) in [6, 6.07) is 8.33. The second-order valence-electron chi connectivity index (χ2n) is 16.7. The maximum Gasteiger partial charge on any atom is 0.192 e. The fourth-order valence-corrected chi connectivity index (χ4v) is 7.97. The van der Waals surface area contributed by atoms with Crippen molar-refractivity contribution in [2.45, 2.75) is 161 Å². The number of hydrogen-bond acceptors (Lipinski definition) is 3. The van der Waals surface area contributed by atoms with Crippen LogP contribution in [0.15, 0.2) is 60.2 Å². The van der Waals surface area contributed by atoms with E-state index in [9.17, 15) is 5.11 Å². The molecule has 0 radical (unpaired) electrons. The van der Waals surface area contributed by atoms with Gasteiger partial charge in [-0.15, -0.1) is 0 Å². The van der Waals surface area contributed by atoms with E-state index in [0.717, 1.165) is 43.2 Å². The van der Waals surface area contributed by atoms with Crippen molar-refractivity contribution in [1.82, 2.24) is 0 Å². The first kappa shape index (κ1) is 37.9. The van der Waals surface area contributed by atoms with Gasteiger partial charge >= 0.3 is 0 Å². The molecule has 0 spiro atoms. The van der Waals surface area contributed by atoms with Crippen LogP contribution in [-0.4, -0.2) is 33.9 Å². The minimum absolute atomic E-state index is 0.0199. The summed E-state index contributed by atoms with van der Waals surface area (Å²) in [6.07, 6.45) is 14.5. The van der Waals surface area contributed by atoms with Crippen LogP contribution < -0.4 is 0 Å². The molecule has 2 rings (SSSR count). The molecule has 5 heteroatoms. The van der Waals surface area contributed by atoms with Crippen molar-refractivity contribution in [3.8, 4) is 0 Å². The van der Waals surface area contributed by atoms with Gasteiger partial charge in [0.05, 0.1) is 17.8 Å². The monoisotopic (exact) mass is 626 g/mol. The molecule has 0 heterocycles. The van der Waals surface area contributed by atoms with Crippen molar-refractivity contribution in [3.05, 3.63) is 71.3 Å². The average molecular weight is 627 g/mol. The Hall–Kier alpha value is -1.25. The van der Waals surface area contributed by atoms with Crippen molar-refractivity contribution < 1.29 is 14.0 Å². The van der Waals surface area contributed by atoms with Crippen LogP contribution in [-0.2, 0) is 20.9 Å². The third-order valence-corrected chi connectivity index (χ3v) is 19.3. The summed E-state index contributed by atoms with van der Waals surface area (Å²) in [7, 11) is -3.85. The molecule has 1 aromatic rings. The van der Waals surface area contributed by atoms with Gasteiger partial charge in [-0.3, -0.25) is 0 Å². The molecule has 1 aromatic carbocycles. The van der Waals surface area contributed by atoms with Crippen LogP contribution >= 0.6 is 0 Å². The van der Waals surface area contributed by atoms with E-state index in [1.165, 1.54) is 24.0 Å². The molecule has 0 aromatic heterocycles. The van der Waals surface area contributed by atoms with Gasteiger partial charge in [-0.05, 0) is 110 Å². The summed E-state index contributed by atoms with van der Waals surface area (Å²) >= 11 is 0. The van der Waals surface area contributed by atoms with E-state index in [-0.39, 0.29) is 22.3 Å². The minimum atomic E-state index is -1.95. The Kier molecular flexibility index (Phi) is 13.1. The van der Waals surface area contributed by atoms with E-state index in [2.05, 4.69) is 118 Å². The topological polar surface area (TPSA) is 38.7 Å². The summed E-state index contributed by atoms with van der Waals surface area (Å²) in [5, 5.41) is 10.9. The molecule has 3 nitrogen and oxygen atoms in total. The van der Waals surface area contributed by atoms with Gasteiger partial charge in [-0.1, -0.05) is 104 Å². The van der Waals surface area contributed by atoms with E-state index in [0.29, 0.717) is 5.92 Å². The molecule has 3 atom stereocenters. The molecule has 0 saturated heterocycles. The van der Waals surface area contributed by atoms with Crippen molar-refractivity contribution >= 4 is 16.6 Å². The van der Waals surface area contributed by atoms with Gasteiger partial charge < -0.3 is 14.0 Å². The maximum absolute atomic E-state index is 10.5. The van der Waals surface area contributed by atoms with Crippen LogP contribution in [0.3, 0.4) is 0 Å². The third kappa shape index (κ3) is 11.3. The highest BCUT2D eigenvalue weighted by Gasteiger charge is 2.44. The first-order valence-electron chi connectivity index (χ1n) is 16.8. The van der Waals surface area contributed by atoms with E-state index < -0.39 is 22.2 Å². The van der Waals surface area contributed by atoms with Gasteiger partial charge in [0.2, 0.25) is 0 Å². The van der Waals surface area contributed by atoms with Crippen LogP contribution in [0.5, 0.6) is 0 Å². The van der Waals surface area contributed by atoms with Crippen LogP contribution in [0.2, 0.25) is 36.3 Å². The highest BCUT2D eigenvalue weighted by Crippen LogP contribution is 2.44. The Balaban J connectivity index is 2.02. The molecule has 43 heavy (non-hydrogen) atoms. The second-order valence-corrected chi connectivity index (χ2v) is 26.3. The van der Waals surface area contributed by atoms with Gasteiger partial charge in [0.1, 0.15) is 0 Å². The molecule has 0 amide bonds. The summed E-state index contributed by atoms with van der Waals surface area (Å²) in [4.78, 5) is 0. The summed E-state index contributed by atoms with van der Waals surface area (Å²) < 4.78 is 13.9. The van der Waals surface area contributed by atoms with Crippen molar-refractivity contribution in [2.24, 2.45) is 5.92 Å². The smallest absolute Gasteiger partial charge is 0.192 e. The predicted molar refractivity (Wildman–Crippen MR) is 193 cm³/mol. The predicted octanol–water partition coefficient (Wildman–Crippen LogP) is 11.3. The zero-order chi connectivity index (χ0) is 32.9. The second kappa shape index (κ2) is 14.9. The van der Waals surface area contributed by atoms with Crippen molar-refractivity contribution in [3.63, 3.8) is 0 Å². The average Bonchev–Trinajstić information content (AvgIpc) is 2.85. The van der Waals surface area contributed by atoms with Crippen molar-refractivity contribution in [2.75, 3.05) is 0 Å². The van der Waals surface area contributed by atoms with Gasteiger partial charge in [0.15, 0.2) is 16.6 Å². The quantitative estimate of drug-likeness (QED) is 0.175. The molecule has 0 aliphatic heterocycles. The lowest BCUT2D eigenvalue weighted by Gasteiger charge is -2.45. The zero-order valence-corrected chi connectivity index (χ0v) is 32.2. The first-order valence-corrected chi connectivity index (χ1v) is 22.6. The normalized spacial score (nSPS) is 21.2. The largest absolute Gasteiger partial charge is 0.413 e. The molecule has 1 saturated carbocycles. The van der Waals surface area contributed by atoms with E-state index in [1.54, 1.807) is 0 Å². The molecule has 0 unspecified atom stereocenters. The summed E-state index contributed by atoms with van der Waals surface area (Å²) in [6.45, 7) is 34.0. The summed E-state index contributed by atoms with van der Waals surface area (Å²) in [5.41, 5.74) is 3.96. The van der Waals surface area contributed by atoms with Crippen LogP contribution in [0.25, 0.3) is 0 Å². The van der Waals surface area contributed by atoms with E-state index in [1.807, 2.05) is 19.9 Å². The number of aliphatic hydroxyl groups is 1. The standard InChI is InChI=1S/C38H66O3Si2/c1-29(25-26-31-22-19-20-24-34(31)38(9,10)39)21-17-15-16-18-23-32-27-33(40-42(11,12)36(3,4)5)28-35(30(32)2)41-43(13,14)37(6,7)8/h16,18-20,22-24,29,33,35,39H,2,15,17,21,25-28H2,1,3-14H3/b18-16+,32-23-/t29-,33-,35+/m1/s1. The number of benzene rings is 1. The van der Waals surface area contributed by atoms with E-state index in [4.69, 9.17) is 8.85 Å². The number of allylic oxidation sites excluding steroid dienone is 3. The van der Waals surface area contributed by atoms with Crippen molar-refractivity contribution in [1.29, 1.82) is 0 Å². The number of rotatable bonds is 13. The Morgan fingerprint density at radius 2 is 1.51 bits per heavy atom. The molecule has 1 aliphatic rings. The lowest BCUT2D eigenvalue weighted by molar-refractivity contribution is 0.0775. The molecule has 1 aliphatic carbocycles. The SMILES string of the molecule is C=C1/C(=C\C=C\CCC[C@@H](C)CCc2ccccc2C(C)(C)O)C[C@@H](O[Si](C)(C)C(C)(C)C)C[C@@H]1O[Si](C)(C)C(C)(C)C. The minimum Gasteiger partial charge on any atom is -0.413 e. The van der Waals surface area contributed by atoms with E-state index >= 15 is 0 Å². The first-order chi connectivity index (χ1) is 19.5. The third-order valence-electron chi connectivity index (χ3n) is 10.3. The van der Waals surface area contributed by atoms with Gasteiger partial charge in [0, 0.05) is 6.42 Å². The molecule has 1 fully saturated rings. The fraction of sp³-hybridized carbons (Fsp3) is 0.684. The van der Waals surface area contributed by atoms with Gasteiger partial charge in [0.25, 0.3) is 0 Å². The Morgan fingerprint density at radius 1 is 0.930 bits per heavy atom. The number of unbranched alkanes of at least 4 members (excludes halogenated alkanes) is 1. The lowest BCUT2D eigenvalue weighted by Crippen LogP contribution is -2.49. The molecular formula is C38H66O3Si2. The molecule has 1 N–H and O–H groups in total. The maximum atomic E-state index is 10.5. The number of aryl methyl sites for hydroxylation is 1. The highest BCUT2D eigenvalue weighted by molar-refractivity contribution is 6.74. The summed E-state index contributed by atoms with van der Waals surface area (Å²) in [5.74, 6) is 0.654. The van der Waals surface area contributed by atoms with Gasteiger partial charge in [-0.2, -0.15) is 0 Å². The molecular weight excluding hydrogens is 561 g/mol. The fourth-order valence-electron chi connectivity index (χ4n) is 5.30. The highest BCUT2D eigenvalue weighted by atomic mass is 28.4. The Bertz CT molecular complexity index is 1110. The lowest BCUT2D eigenvalue weighted by atomic mass is 9.86. The van der Waals surface area contributed by atoms with Crippen LogP contribution in [0.4, 0.5) is 0 Å². The van der Waals surface area contributed by atoms with Crippen LogP contribution in [0, 0.1) is 5.92 Å². The molecule has 244 valence electrons. The molecule has 0 bridgehead atoms. The Morgan fingerprint density at radius 3 is 2.09 bits per heavy atom. The Labute approximate surface area is 268 Å². The van der Waals surface area contributed by atoms with Crippen LogP contribution in [0.1, 0.15) is 112 Å². The van der Waals surface area contributed by atoms with Gasteiger partial charge in [-0.25, -0.2) is 0 Å². The zero-order valence-electron chi connectivity index (χ0n) is 30.2.